The van der Waals surface area contributed by atoms with E-state index in [1.807, 2.05) is 12.3 Å². The zero-order valence-corrected chi connectivity index (χ0v) is 29.5. The number of nitrogens with one attached hydrogen (secondary N) is 1. The summed E-state index contributed by atoms with van der Waals surface area (Å²) in [5.41, 5.74) is 8.47. The summed E-state index contributed by atoms with van der Waals surface area (Å²) in [7, 11) is 0. The highest BCUT2D eigenvalue weighted by Gasteiger charge is 2.20. The first-order valence-corrected chi connectivity index (χ1v) is 17.0. The Labute approximate surface area is 290 Å². The third-order valence-corrected chi connectivity index (χ3v) is 8.32. The van der Waals surface area contributed by atoms with E-state index in [-0.39, 0.29) is 31.0 Å². The van der Waals surface area contributed by atoms with Crippen molar-refractivity contribution in [2.24, 2.45) is 17.6 Å². The Morgan fingerprint density at radius 1 is 0.812 bits per heavy atom. The Morgan fingerprint density at radius 2 is 1.44 bits per heavy atom. The summed E-state index contributed by atoms with van der Waals surface area (Å²) in [6.07, 6.45) is 6.07. The van der Waals surface area contributed by atoms with E-state index in [1.165, 1.54) is 0 Å². The second-order valence-electron chi connectivity index (χ2n) is 13.2. The summed E-state index contributed by atoms with van der Waals surface area (Å²) < 4.78 is 14.9. The van der Waals surface area contributed by atoms with Crippen molar-refractivity contribution in [3.8, 4) is 22.6 Å². The van der Waals surface area contributed by atoms with Gasteiger partial charge in [-0.25, -0.2) is 0 Å². The van der Waals surface area contributed by atoms with E-state index in [4.69, 9.17) is 15.2 Å². The molecule has 0 aliphatic heterocycles. The van der Waals surface area contributed by atoms with Crippen LogP contribution in [0.5, 0.6) is 11.5 Å². The lowest BCUT2D eigenvalue weighted by molar-refractivity contribution is -0.122. The average molecular weight is 672 g/mol. The number of carbonyl (C=O) groups excluding carboxylic acids is 1. The second kappa shape index (κ2) is 17.9. The first-order valence-electron chi connectivity index (χ1n) is 17.0. The van der Waals surface area contributed by atoms with Crippen LogP contribution in [0.3, 0.4) is 0 Å². The molecule has 0 unspecified atom stereocenters. The lowest BCUT2D eigenvalue weighted by atomic mass is 9.92. The van der Waals surface area contributed by atoms with Crippen LogP contribution in [-0.2, 0) is 17.9 Å². The summed E-state index contributed by atoms with van der Waals surface area (Å²) in [5, 5.41) is 16.5. The quantitative estimate of drug-likeness (QED) is 0.0964. The molecule has 1 aromatic heterocycles. The van der Waals surface area contributed by atoms with Gasteiger partial charge in [0, 0.05) is 23.6 Å². The molecule has 0 saturated carbocycles. The molecule has 3 N–H and O–H groups in total. The number of carbonyl (C=O) groups is 1. The Hall–Kier alpha value is -4.14. The number of aromatic nitrogens is 3. The molecule has 8 nitrogen and oxygen atoms in total. The van der Waals surface area contributed by atoms with E-state index in [0.717, 1.165) is 69.9 Å². The average Bonchev–Trinajstić information content (AvgIpc) is 3.50. The highest BCUT2D eigenvalue weighted by atomic mass is 35.5. The van der Waals surface area contributed by atoms with Gasteiger partial charge in [-0.05, 0) is 71.3 Å². The van der Waals surface area contributed by atoms with Gasteiger partial charge in [-0.15, -0.1) is 17.5 Å². The van der Waals surface area contributed by atoms with Crippen LogP contribution in [0.15, 0.2) is 79.0 Å². The van der Waals surface area contributed by atoms with Gasteiger partial charge < -0.3 is 20.5 Å². The van der Waals surface area contributed by atoms with Gasteiger partial charge in [0.1, 0.15) is 23.8 Å². The van der Waals surface area contributed by atoms with Crippen molar-refractivity contribution in [3.63, 3.8) is 0 Å². The zero-order chi connectivity index (χ0) is 33.2. The van der Waals surface area contributed by atoms with Crippen LogP contribution >= 0.6 is 12.4 Å². The minimum atomic E-state index is -0.0455. The monoisotopic (exact) mass is 671 g/mol. The van der Waals surface area contributed by atoms with E-state index in [1.54, 1.807) is 4.68 Å². The van der Waals surface area contributed by atoms with Crippen LogP contribution in [0.25, 0.3) is 32.7 Å². The van der Waals surface area contributed by atoms with Crippen LogP contribution in [0.1, 0.15) is 65.5 Å². The van der Waals surface area contributed by atoms with Crippen LogP contribution in [0, 0.1) is 11.8 Å². The third-order valence-electron chi connectivity index (χ3n) is 8.32. The van der Waals surface area contributed by atoms with Crippen molar-refractivity contribution in [1.29, 1.82) is 0 Å². The molecule has 9 heteroatoms. The van der Waals surface area contributed by atoms with Crippen molar-refractivity contribution < 1.29 is 14.3 Å². The first-order chi connectivity index (χ1) is 22.8. The van der Waals surface area contributed by atoms with Crippen LogP contribution < -0.4 is 20.5 Å². The summed E-state index contributed by atoms with van der Waals surface area (Å²) >= 11 is 0. The van der Waals surface area contributed by atoms with Gasteiger partial charge in [0.05, 0.1) is 19.3 Å². The van der Waals surface area contributed by atoms with Gasteiger partial charge in [-0.2, -0.15) is 0 Å². The van der Waals surface area contributed by atoms with Gasteiger partial charge in [0.15, 0.2) is 0 Å². The Bertz CT molecular complexity index is 1770. The molecule has 0 aliphatic carbocycles. The van der Waals surface area contributed by atoms with Crippen molar-refractivity contribution in [1.82, 2.24) is 20.3 Å². The zero-order valence-electron chi connectivity index (χ0n) is 28.7. The maximum atomic E-state index is 12.6. The van der Waals surface area contributed by atoms with Gasteiger partial charge in [-0.1, -0.05) is 100.0 Å². The Morgan fingerprint density at radius 3 is 2.04 bits per heavy atom. The number of nitrogens with two attached hydrogens (primary N) is 1. The number of unbranched alkanes of at least 4 members (excludes halogenated alkanes) is 1. The van der Waals surface area contributed by atoms with E-state index in [0.29, 0.717) is 43.6 Å². The number of hydrogen-bond acceptors (Lipinski definition) is 6. The summed E-state index contributed by atoms with van der Waals surface area (Å²) in [6, 6.07) is 25.1. The summed E-state index contributed by atoms with van der Waals surface area (Å²) in [4.78, 5) is 12.6. The van der Waals surface area contributed by atoms with E-state index < -0.39 is 0 Å². The first kappa shape index (κ1) is 36.7. The van der Waals surface area contributed by atoms with Gasteiger partial charge in [-0.3, -0.25) is 9.48 Å². The number of hydrogen-bond donors (Lipinski definition) is 2. The second-order valence-corrected chi connectivity index (χ2v) is 13.2. The highest BCUT2D eigenvalue weighted by Crippen LogP contribution is 2.45. The maximum Gasteiger partial charge on any atom is 0.220 e. The molecule has 1 atom stereocenters. The molecule has 1 amide bonds. The van der Waals surface area contributed by atoms with E-state index in [2.05, 4.69) is 110 Å². The summed E-state index contributed by atoms with van der Waals surface area (Å²) in [6.45, 7) is 10.6. The molecule has 0 radical (unpaired) electrons. The molecule has 0 saturated heterocycles. The molecule has 256 valence electrons. The molecule has 0 fully saturated rings. The number of amides is 1. The number of ether oxygens (including phenoxy) is 2. The molecular formula is C39H50ClN5O3. The van der Waals surface area contributed by atoms with Crippen molar-refractivity contribution in [2.45, 2.75) is 79.0 Å². The van der Waals surface area contributed by atoms with Crippen molar-refractivity contribution in [2.75, 3.05) is 13.2 Å². The molecule has 5 aromatic rings. The Kier molecular flexibility index (Phi) is 13.6. The fraction of sp³-hybridized carbons (Fsp3) is 0.410. The van der Waals surface area contributed by atoms with E-state index in [9.17, 15) is 4.79 Å². The number of nitrogens with zero attached hydrogens (tertiary/aromatic N) is 3. The normalized spacial score (nSPS) is 12.0. The maximum absolute atomic E-state index is 12.6. The Balaban J connectivity index is 0.00000520. The number of benzene rings is 4. The molecule has 5 rings (SSSR count). The van der Waals surface area contributed by atoms with Crippen LogP contribution in [-0.4, -0.2) is 40.1 Å². The fourth-order valence-corrected chi connectivity index (χ4v) is 5.94. The molecule has 0 bridgehead atoms. The summed E-state index contributed by atoms with van der Waals surface area (Å²) in [5.74, 6) is 2.50. The molecule has 0 spiro atoms. The predicted octanol–water partition coefficient (Wildman–Crippen LogP) is 8.34. The topological polar surface area (TPSA) is 104 Å². The molecule has 1 heterocycles. The number of halogens is 1. The standard InChI is InChI=1S/C39H49N5O3.ClH/c1-27(2)20-22-46-35-18-16-29-11-5-7-14-33(29)38(35)39-34-15-8-6-12-30(34)17-19-36(39)47-26-32-25-44(43-42-32)24-31(13-9-10-21-40)41-37(45)23-28(3)4;/h5-8,11-12,14-19,25,27-28,31H,9-10,13,20-24,26,40H2,1-4H3,(H,41,45);1H/t31-;/m1./s1. The van der Waals surface area contributed by atoms with Crippen molar-refractivity contribution >= 4 is 39.9 Å². The van der Waals surface area contributed by atoms with E-state index >= 15 is 0 Å². The minimum Gasteiger partial charge on any atom is -0.493 e. The van der Waals surface area contributed by atoms with Crippen LogP contribution in [0.4, 0.5) is 0 Å². The highest BCUT2D eigenvalue weighted by molar-refractivity contribution is 6.09. The SMILES string of the molecule is CC(C)CCOc1ccc2ccccc2c1-c1c(OCc2cn(C[C@@H](CCCCN)NC(=O)CC(C)C)nn2)ccc2ccccc12.Cl. The molecule has 0 aliphatic rings. The number of fused-ring (bicyclic) bond motifs is 2. The van der Waals surface area contributed by atoms with Gasteiger partial charge in [0.2, 0.25) is 5.91 Å². The lowest BCUT2D eigenvalue weighted by Crippen LogP contribution is -2.38. The van der Waals surface area contributed by atoms with Crippen LogP contribution in [0.2, 0.25) is 0 Å². The minimum absolute atomic E-state index is 0. The predicted molar refractivity (Wildman–Crippen MR) is 198 cm³/mol. The molecule has 48 heavy (non-hydrogen) atoms. The van der Waals surface area contributed by atoms with Crippen molar-refractivity contribution in [3.05, 3.63) is 84.7 Å². The largest absolute Gasteiger partial charge is 0.493 e. The smallest absolute Gasteiger partial charge is 0.220 e. The fourth-order valence-electron chi connectivity index (χ4n) is 5.94. The molecule has 4 aromatic carbocycles. The lowest BCUT2D eigenvalue weighted by Gasteiger charge is -2.20. The third kappa shape index (κ3) is 9.70. The molecular weight excluding hydrogens is 622 g/mol. The van der Waals surface area contributed by atoms with Gasteiger partial charge in [0.25, 0.3) is 0 Å². The number of rotatable bonds is 17. The van der Waals surface area contributed by atoms with Gasteiger partial charge >= 0.3 is 0 Å².